The highest BCUT2D eigenvalue weighted by Crippen LogP contribution is 2.23. The van der Waals surface area contributed by atoms with E-state index in [-0.39, 0.29) is 11.8 Å². The van der Waals surface area contributed by atoms with Gasteiger partial charge in [-0.1, -0.05) is 22.9 Å². The topological polar surface area (TPSA) is 64.9 Å². The Morgan fingerprint density at radius 3 is 2.94 bits per heavy atom. The molecular weight excluding hydrogens is 294 g/mol. The van der Waals surface area contributed by atoms with Crippen molar-refractivity contribution < 1.29 is 4.79 Å². The first-order chi connectivity index (χ1) is 8.61. The Morgan fingerprint density at radius 2 is 2.33 bits per heavy atom. The third-order valence-electron chi connectivity index (χ3n) is 3.21. The van der Waals surface area contributed by atoms with E-state index in [0.717, 1.165) is 11.0 Å². The minimum atomic E-state index is -0.0319. The van der Waals surface area contributed by atoms with Gasteiger partial charge in [0, 0.05) is 11.0 Å². The van der Waals surface area contributed by atoms with Crippen LogP contribution in [0.2, 0.25) is 0 Å². The van der Waals surface area contributed by atoms with Gasteiger partial charge in [0.1, 0.15) is 6.07 Å². The summed E-state index contributed by atoms with van der Waals surface area (Å²) < 4.78 is 0.842. The van der Waals surface area contributed by atoms with Gasteiger partial charge >= 0.3 is 0 Å². The summed E-state index contributed by atoms with van der Waals surface area (Å²) in [5.74, 6) is 0.264. The molecule has 1 heterocycles. The molecule has 0 bridgehead atoms. The molecule has 0 radical (unpaired) electrons. The second kappa shape index (κ2) is 5.51. The number of nitriles is 1. The first-order valence-corrected chi connectivity index (χ1v) is 6.62. The maximum Gasteiger partial charge on any atom is 0.229 e. The zero-order valence-electron chi connectivity index (χ0n) is 10.0. The van der Waals surface area contributed by atoms with Crippen LogP contribution in [0.1, 0.15) is 12.5 Å². The average Bonchev–Trinajstić information content (AvgIpc) is 2.76. The van der Waals surface area contributed by atoms with E-state index in [9.17, 15) is 4.79 Å². The molecule has 4 nitrogen and oxygen atoms in total. The number of rotatable bonds is 2. The second-order valence-electron chi connectivity index (χ2n) is 4.53. The van der Waals surface area contributed by atoms with Crippen molar-refractivity contribution >= 4 is 27.5 Å². The standard InChI is InChI=1S/C13H14BrN3O/c1-8-6-16-7-11(8)13(18)17-12-4-10(14)3-2-9(12)5-15/h2-4,8,11,16H,6-7H2,1H3,(H,17,18). The first kappa shape index (κ1) is 13.1. The molecule has 1 fully saturated rings. The van der Waals surface area contributed by atoms with Crippen LogP contribution in [0.5, 0.6) is 0 Å². The van der Waals surface area contributed by atoms with Crippen LogP contribution >= 0.6 is 15.9 Å². The number of benzene rings is 1. The molecule has 0 spiro atoms. The van der Waals surface area contributed by atoms with Gasteiger partial charge in [0.2, 0.25) is 5.91 Å². The van der Waals surface area contributed by atoms with Crippen LogP contribution < -0.4 is 10.6 Å². The van der Waals surface area contributed by atoms with Gasteiger partial charge in [-0.05, 0) is 30.7 Å². The zero-order valence-corrected chi connectivity index (χ0v) is 11.6. The van der Waals surface area contributed by atoms with Crippen LogP contribution in [-0.4, -0.2) is 19.0 Å². The minimum Gasteiger partial charge on any atom is -0.325 e. The lowest BCUT2D eigenvalue weighted by molar-refractivity contribution is -0.120. The van der Waals surface area contributed by atoms with Crippen LogP contribution in [0.3, 0.4) is 0 Å². The predicted molar refractivity (Wildman–Crippen MR) is 73.0 cm³/mol. The predicted octanol–water partition coefficient (Wildman–Crippen LogP) is 2.11. The fourth-order valence-electron chi connectivity index (χ4n) is 2.10. The number of hydrogen-bond acceptors (Lipinski definition) is 3. The van der Waals surface area contributed by atoms with Crippen molar-refractivity contribution in [3.8, 4) is 6.07 Å². The van der Waals surface area contributed by atoms with E-state index in [1.165, 1.54) is 0 Å². The Bertz CT molecular complexity index is 509. The summed E-state index contributed by atoms with van der Waals surface area (Å²) in [5, 5.41) is 15.0. The lowest BCUT2D eigenvalue weighted by Gasteiger charge is -2.15. The molecule has 1 aromatic carbocycles. The molecule has 0 aliphatic carbocycles. The highest BCUT2D eigenvalue weighted by Gasteiger charge is 2.29. The SMILES string of the molecule is CC1CNCC1C(=O)Nc1cc(Br)ccc1C#N. The largest absolute Gasteiger partial charge is 0.325 e. The molecule has 2 N–H and O–H groups in total. The molecule has 1 aliphatic rings. The van der Waals surface area contributed by atoms with Gasteiger partial charge in [-0.3, -0.25) is 4.79 Å². The molecule has 0 saturated carbocycles. The van der Waals surface area contributed by atoms with Crippen LogP contribution in [0.4, 0.5) is 5.69 Å². The monoisotopic (exact) mass is 307 g/mol. The van der Waals surface area contributed by atoms with Gasteiger partial charge in [-0.2, -0.15) is 5.26 Å². The summed E-state index contributed by atoms with van der Waals surface area (Å²) in [6, 6.07) is 7.31. The molecule has 1 saturated heterocycles. The maximum absolute atomic E-state index is 12.1. The molecule has 1 amide bonds. The maximum atomic E-state index is 12.1. The Labute approximate surface area is 115 Å². The van der Waals surface area contributed by atoms with Crippen LogP contribution in [0, 0.1) is 23.2 Å². The quantitative estimate of drug-likeness (QED) is 0.879. The number of amides is 1. The summed E-state index contributed by atoms with van der Waals surface area (Å²) in [5.41, 5.74) is 1.04. The molecule has 2 rings (SSSR count). The molecule has 0 aromatic heterocycles. The number of anilines is 1. The van der Waals surface area contributed by atoms with E-state index in [4.69, 9.17) is 5.26 Å². The van der Waals surface area contributed by atoms with Crippen molar-refractivity contribution in [1.82, 2.24) is 5.32 Å². The molecule has 94 valence electrons. The van der Waals surface area contributed by atoms with E-state index >= 15 is 0 Å². The smallest absolute Gasteiger partial charge is 0.229 e. The number of nitrogens with one attached hydrogen (secondary N) is 2. The van der Waals surface area contributed by atoms with Gasteiger partial charge < -0.3 is 10.6 Å². The fourth-order valence-corrected chi connectivity index (χ4v) is 2.46. The summed E-state index contributed by atoms with van der Waals surface area (Å²) in [6.07, 6.45) is 0. The van der Waals surface area contributed by atoms with Crippen molar-refractivity contribution in [2.24, 2.45) is 11.8 Å². The van der Waals surface area contributed by atoms with E-state index in [0.29, 0.717) is 23.7 Å². The summed E-state index contributed by atoms with van der Waals surface area (Å²) in [6.45, 7) is 3.61. The second-order valence-corrected chi connectivity index (χ2v) is 5.45. The highest BCUT2D eigenvalue weighted by molar-refractivity contribution is 9.10. The van der Waals surface area contributed by atoms with E-state index in [1.54, 1.807) is 18.2 Å². The molecule has 2 atom stereocenters. The van der Waals surface area contributed by atoms with E-state index in [1.807, 2.05) is 0 Å². The molecule has 1 aromatic rings. The van der Waals surface area contributed by atoms with Gasteiger partial charge in [0.05, 0.1) is 17.2 Å². The number of nitrogens with zero attached hydrogens (tertiary/aromatic N) is 1. The van der Waals surface area contributed by atoms with Crippen LogP contribution in [0.15, 0.2) is 22.7 Å². The zero-order chi connectivity index (χ0) is 13.1. The third kappa shape index (κ3) is 2.71. The number of carbonyl (C=O) groups excluding carboxylic acids is 1. The van der Waals surface area contributed by atoms with E-state index < -0.39 is 0 Å². The van der Waals surface area contributed by atoms with Crippen molar-refractivity contribution in [3.63, 3.8) is 0 Å². The van der Waals surface area contributed by atoms with Gasteiger partial charge in [0.15, 0.2) is 0 Å². The Hall–Kier alpha value is -1.38. The Balaban J connectivity index is 2.16. The minimum absolute atomic E-state index is 0.0258. The first-order valence-electron chi connectivity index (χ1n) is 5.83. The fraction of sp³-hybridized carbons (Fsp3) is 0.385. The summed E-state index contributed by atoms with van der Waals surface area (Å²) in [7, 11) is 0. The van der Waals surface area contributed by atoms with Crippen LogP contribution in [0.25, 0.3) is 0 Å². The molecule has 5 heteroatoms. The summed E-state index contributed by atoms with van der Waals surface area (Å²) in [4.78, 5) is 12.1. The normalized spacial score (nSPS) is 22.5. The van der Waals surface area contributed by atoms with Gasteiger partial charge in [-0.25, -0.2) is 0 Å². The Kier molecular flexibility index (Phi) is 4.00. The Morgan fingerprint density at radius 1 is 1.56 bits per heavy atom. The third-order valence-corrected chi connectivity index (χ3v) is 3.71. The van der Waals surface area contributed by atoms with Gasteiger partial charge in [0.25, 0.3) is 0 Å². The highest BCUT2D eigenvalue weighted by atomic mass is 79.9. The molecule has 1 aliphatic heterocycles. The van der Waals surface area contributed by atoms with Crippen molar-refractivity contribution in [3.05, 3.63) is 28.2 Å². The molecular formula is C13H14BrN3O. The van der Waals surface area contributed by atoms with E-state index in [2.05, 4.69) is 39.6 Å². The average molecular weight is 308 g/mol. The molecule has 2 unspecified atom stereocenters. The number of halogens is 1. The molecule has 18 heavy (non-hydrogen) atoms. The number of carbonyl (C=O) groups is 1. The summed E-state index contributed by atoms with van der Waals surface area (Å²) >= 11 is 3.34. The lowest BCUT2D eigenvalue weighted by atomic mass is 9.97. The van der Waals surface area contributed by atoms with Crippen LogP contribution in [-0.2, 0) is 4.79 Å². The van der Waals surface area contributed by atoms with Gasteiger partial charge in [-0.15, -0.1) is 0 Å². The van der Waals surface area contributed by atoms with Crippen molar-refractivity contribution in [2.45, 2.75) is 6.92 Å². The van der Waals surface area contributed by atoms with Crippen molar-refractivity contribution in [2.75, 3.05) is 18.4 Å². The lowest BCUT2D eigenvalue weighted by Crippen LogP contribution is -2.28. The number of hydrogen-bond donors (Lipinski definition) is 2. The van der Waals surface area contributed by atoms with Crippen molar-refractivity contribution in [1.29, 1.82) is 5.26 Å².